The molecule has 10 heteroatoms. The molecule has 1 aliphatic heterocycles. The second-order valence-electron chi connectivity index (χ2n) is 8.77. The van der Waals surface area contributed by atoms with Crippen molar-refractivity contribution < 1.29 is 18.0 Å². The van der Waals surface area contributed by atoms with Gasteiger partial charge in [-0.15, -0.1) is 22.7 Å². The van der Waals surface area contributed by atoms with Crippen LogP contribution in [0.25, 0.3) is 0 Å². The SMILES string of the molecule is O=C(CN1CCN(S(=O)(=O)c2cccs2)CC1)Nc1sc2c(c1C(=O)c1ccccc1)CCCC2. The van der Waals surface area contributed by atoms with E-state index in [-0.39, 0.29) is 18.2 Å². The zero-order chi connectivity index (χ0) is 24.4. The molecule has 0 atom stereocenters. The third-order valence-corrected chi connectivity index (χ3v) is 11.0. The Kier molecular flexibility index (Phi) is 7.17. The monoisotopic (exact) mass is 529 g/mol. The Morgan fingerprint density at radius 2 is 1.69 bits per heavy atom. The van der Waals surface area contributed by atoms with Crippen LogP contribution in [-0.2, 0) is 27.7 Å². The van der Waals surface area contributed by atoms with E-state index in [1.165, 1.54) is 31.9 Å². The molecule has 0 unspecified atom stereocenters. The highest BCUT2D eigenvalue weighted by Gasteiger charge is 2.31. The molecule has 1 amide bonds. The minimum Gasteiger partial charge on any atom is -0.316 e. The Morgan fingerprint density at radius 3 is 2.40 bits per heavy atom. The third-order valence-electron chi connectivity index (χ3n) is 6.47. The van der Waals surface area contributed by atoms with Crippen LogP contribution in [0.4, 0.5) is 5.00 Å². The van der Waals surface area contributed by atoms with Crippen molar-refractivity contribution in [1.29, 1.82) is 0 Å². The molecule has 2 aliphatic rings. The maximum atomic E-state index is 13.4. The third kappa shape index (κ3) is 5.12. The average Bonchev–Trinajstić information content (AvgIpc) is 3.53. The van der Waals surface area contributed by atoms with E-state index in [2.05, 4.69) is 5.32 Å². The number of piperazine rings is 1. The second kappa shape index (κ2) is 10.3. The Hall–Kier alpha value is -2.37. The van der Waals surface area contributed by atoms with Crippen molar-refractivity contribution >= 4 is 49.4 Å². The van der Waals surface area contributed by atoms with Gasteiger partial charge in [0.05, 0.1) is 12.1 Å². The fourth-order valence-corrected chi connectivity index (χ4v) is 8.53. The first kappa shape index (κ1) is 24.3. The molecule has 7 nitrogen and oxygen atoms in total. The minimum atomic E-state index is -3.47. The van der Waals surface area contributed by atoms with Crippen LogP contribution in [0.5, 0.6) is 0 Å². The van der Waals surface area contributed by atoms with Gasteiger partial charge >= 0.3 is 0 Å². The van der Waals surface area contributed by atoms with Gasteiger partial charge < -0.3 is 5.32 Å². The van der Waals surface area contributed by atoms with Crippen molar-refractivity contribution in [2.75, 3.05) is 38.0 Å². The van der Waals surface area contributed by atoms with Crippen molar-refractivity contribution in [3.8, 4) is 0 Å². The van der Waals surface area contributed by atoms with E-state index in [4.69, 9.17) is 0 Å². The van der Waals surface area contributed by atoms with Gasteiger partial charge in [-0.2, -0.15) is 4.31 Å². The summed E-state index contributed by atoms with van der Waals surface area (Å²) in [7, 11) is -3.47. The standard InChI is InChI=1S/C25H27N3O4S3/c29-21(17-27-12-14-28(15-13-27)35(31,32)22-11-6-16-33-22)26-25-23(19-9-4-5-10-20(19)34-25)24(30)18-7-2-1-3-8-18/h1-3,6-8,11,16H,4-5,9-10,12-15,17H2,(H,26,29). The number of anilines is 1. The van der Waals surface area contributed by atoms with Gasteiger partial charge in [-0.1, -0.05) is 36.4 Å². The first-order chi connectivity index (χ1) is 16.9. The van der Waals surface area contributed by atoms with Crippen LogP contribution in [0.2, 0.25) is 0 Å². The van der Waals surface area contributed by atoms with Gasteiger partial charge in [0, 0.05) is 36.6 Å². The van der Waals surface area contributed by atoms with Crippen LogP contribution < -0.4 is 5.32 Å². The molecule has 1 saturated heterocycles. The number of carbonyl (C=O) groups is 2. The fourth-order valence-electron chi connectivity index (χ4n) is 4.66. The van der Waals surface area contributed by atoms with Gasteiger partial charge in [-0.3, -0.25) is 14.5 Å². The highest BCUT2D eigenvalue weighted by atomic mass is 32.2. The molecule has 3 aromatic rings. The number of sulfonamides is 1. The molecule has 1 aliphatic carbocycles. The molecule has 1 fully saturated rings. The normalized spacial score (nSPS) is 17.1. The largest absolute Gasteiger partial charge is 0.316 e. The average molecular weight is 530 g/mol. The zero-order valence-corrected chi connectivity index (χ0v) is 21.7. The van der Waals surface area contributed by atoms with Crippen LogP contribution >= 0.6 is 22.7 Å². The maximum Gasteiger partial charge on any atom is 0.252 e. The fraction of sp³-hybridized carbons (Fsp3) is 0.360. The van der Waals surface area contributed by atoms with Crippen LogP contribution in [0.15, 0.2) is 52.1 Å². The Labute approximate surface area is 213 Å². The van der Waals surface area contributed by atoms with Crippen molar-refractivity contribution in [1.82, 2.24) is 9.21 Å². The van der Waals surface area contributed by atoms with Crippen molar-refractivity contribution in [2.45, 2.75) is 29.9 Å². The lowest BCUT2D eigenvalue weighted by atomic mass is 9.92. The van der Waals surface area contributed by atoms with E-state index in [0.29, 0.717) is 46.5 Å². The van der Waals surface area contributed by atoms with Gasteiger partial charge in [-0.25, -0.2) is 8.42 Å². The van der Waals surface area contributed by atoms with E-state index in [9.17, 15) is 18.0 Å². The topological polar surface area (TPSA) is 86.8 Å². The molecule has 5 rings (SSSR count). The van der Waals surface area contributed by atoms with Crippen LogP contribution in [-0.4, -0.2) is 62.0 Å². The maximum absolute atomic E-state index is 13.4. The molecule has 1 aromatic carbocycles. The summed E-state index contributed by atoms with van der Waals surface area (Å²) in [5.41, 5.74) is 2.34. The lowest BCUT2D eigenvalue weighted by molar-refractivity contribution is -0.117. The van der Waals surface area contributed by atoms with Crippen molar-refractivity contribution in [3.05, 3.63) is 69.4 Å². The number of aryl methyl sites for hydroxylation is 1. The highest BCUT2D eigenvalue weighted by Crippen LogP contribution is 2.39. The molecule has 0 bridgehead atoms. The quantitative estimate of drug-likeness (QED) is 0.470. The number of thiophene rings is 2. The summed E-state index contributed by atoms with van der Waals surface area (Å²) in [6.45, 7) is 1.81. The molecule has 2 aromatic heterocycles. The van der Waals surface area contributed by atoms with Gasteiger partial charge in [0.2, 0.25) is 5.91 Å². The van der Waals surface area contributed by atoms with Crippen molar-refractivity contribution in [3.63, 3.8) is 0 Å². The summed E-state index contributed by atoms with van der Waals surface area (Å²) in [5.74, 6) is -0.229. The number of nitrogens with zero attached hydrogens (tertiary/aromatic N) is 2. The lowest BCUT2D eigenvalue weighted by Crippen LogP contribution is -2.50. The molecular weight excluding hydrogens is 502 g/mol. The minimum absolute atomic E-state index is 0.0484. The van der Waals surface area contributed by atoms with Gasteiger partial charge in [0.15, 0.2) is 5.78 Å². The smallest absolute Gasteiger partial charge is 0.252 e. The number of benzene rings is 1. The molecular formula is C25H27N3O4S3. The number of amides is 1. The van der Waals surface area contributed by atoms with E-state index in [0.717, 1.165) is 31.2 Å². The molecule has 3 heterocycles. The molecule has 1 N–H and O–H groups in total. The van der Waals surface area contributed by atoms with Gasteiger partial charge in [-0.05, 0) is 42.7 Å². The first-order valence-corrected chi connectivity index (χ1v) is 14.9. The molecule has 184 valence electrons. The molecule has 35 heavy (non-hydrogen) atoms. The van der Waals surface area contributed by atoms with E-state index < -0.39 is 10.0 Å². The van der Waals surface area contributed by atoms with E-state index in [1.54, 1.807) is 17.5 Å². The van der Waals surface area contributed by atoms with Crippen LogP contribution in [0.3, 0.4) is 0 Å². The Balaban J connectivity index is 1.26. The second-order valence-corrected chi connectivity index (χ2v) is 13.0. The first-order valence-electron chi connectivity index (χ1n) is 11.7. The summed E-state index contributed by atoms with van der Waals surface area (Å²) < 4.78 is 27.3. The number of fused-ring (bicyclic) bond motifs is 1. The zero-order valence-electron chi connectivity index (χ0n) is 19.2. The Bertz CT molecular complexity index is 1310. The number of nitrogens with one attached hydrogen (secondary N) is 1. The van der Waals surface area contributed by atoms with Gasteiger partial charge in [0.1, 0.15) is 9.21 Å². The molecule has 0 saturated carbocycles. The number of ketones is 1. The highest BCUT2D eigenvalue weighted by molar-refractivity contribution is 7.91. The summed E-state index contributed by atoms with van der Waals surface area (Å²) in [5, 5.41) is 5.41. The summed E-state index contributed by atoms with van der Waals surface area (Å²) >= 11 is 2.74. The Morgan fingerprint density at radius 1 is 0.943 bits per heavy atom. The van der Waals surface area contributed by atoms with E-state index in [1.807, 2.05) is 35.2 Å². The van der Waals surface area contributed by atoms with Gasteiger partial charge in [0.25, 0.3) is 10.0 Å². The molecule has 0 radical (unpaired) electrons. The number of hydrogen-bond acceptors (Lipinski definition) is 7. The number of hydrogen-bond donors (Lipinski definition) is 1. The van der Waals surface area contributed by atoms with E-state index >= 15 is 0 Å². The summed E-state index contributed by atoms with van der Waals surface area (Å²) in [6, 6.07) is 12.6. The van der Waals surface area contributed by atoms with Crippen molar-refractivity contribution in [2.24, 2.45) is 0 Å². The number of rotatable bonds is 7. The number of carbonyl (C=O) groups excluding carboxylic acids is 2. The lowest BCUT2D eigenvalue weighted by Gasteiger charge is -2.33. The predicted molar refractivity (Wildman–Crippen MR) is 139 cm³/mol. The summed E-state index contributed by atoms with van der Waals surface area (Å²) in [4.78, 5) is 29.5. The predicted octanol–water partition coefficient (Wildman–Crippen LogP) is 3.86. The van der Waals surface area contributed by atoms with Crippen LogP contribution in [0, 0.1) is 0 Å². The van der Waals surface area contributed by atoms with Crippen LogP contribution in [0.1, 0.15) is 39.2 Å². The summed E-state index contributed by atoms with van der Waals surface area (Å²) in [6.07, 6.45) is 3.94. The molecule has 0 spiro atoms.